The van der Waals surface area contributed by atoms with Gasteiger partial charge in [-0.15, -0.1) is 11.3 Å². The summed E-state index contributed by atoms with van der Waals surface area (Å²) in [4.78, 5) is 10.2. The van der Waals surface area contributed by atoms with E-state index in [1.165, 1.54) is 12.1 Å². The Hall–Kier alpha value is -1.11. The van der Waals surface area contributed by atoms with E-state index in [4.69, 9.17) is 11.6 Å². The Bertz CT molecular complexity index is 588. The average molecular weight is 348 g/mol. The van der Waals surface area contributed by atoms with Crippen LogP contribution in [0.4, 0.5) is 11.4 Å². The van der Waals surface area contributed by atoms with Crippen LogP contribution in [0.15, 0.2) is 33.4 Å². The molecule has 7 heteroatoms. The van der Waals surface area contributed by atoms with Crippen molar-refractivity contribution in [3.63, 3.8) is 0 Å². The molecule has 0 aliphatic carbocycles. The topological polar surface area (TPSA) is 55.2 Å². The van der Waals surface area contributed by atoms with Gasteiger partial charge in [-0.1, -0.05) is 11.6 Å². The summed E-state index contributed by atoms with van der Waals surface area (Å²) in [6, 6.07) is 6.67. The van der Waals surface area contributed by atoms with Gasteiger partial charge in [0, 0.05) is 18.3 Å². The number of rotatable bonds is 4. The largest absolute Gasteiger partial charge is 0.381 e. The first-order valence-electron chi connectivity index (χ1n) is 4.97. The van der Waals surface area contributed by atoms with Crippen LogP contribution in [0, 0.1) is 10.1 Å². The lowest BCUT2D eigenvalue weighted by atomic mass is 10.2. The van der Waals surface area contributed by atoms with Crippen LogP contribution in [0.2, 0.25) is 5.02 Å². The summed E-state index contributed by atoms with van der Waals surface area (Å²) in [6.07, 6.45) is 0. The van der Waals surface area contributed by atoms with Crippen molar-refractivity contribution in [2.45, 2.75) is 6.54 Å². The number of nitrogens with one attached hydrogen (secondary N) is 1. The van der Waals surface area contributed by atoms with Gasteiger partial charge in [-0.2, -0.15) is 0 Å². The molecule has 1 aromatic heterocycles. The van der Waals surface area contributed by atoms with Gasteiger partial charge in [-0.25, -0.2) is 0 Å². The van der Waals surface area contributed by atoms with E-state index in [1.807, 2.05) is 11.4 Å². The molecule has 0 radical (unpaired) electrons. The third-order valence-corrected chi connectivity index (χ3v) is 4.13. The Morgan fingerprint density at radius 2 is 2.22 bits per heavy atom. The van der Waals surface area contributed by atoms with Crippen molar-refractivity contribution in [3.8, 4) is 0 Å². The van der Waals surface area contributed by atoms with Crippen molar-refractivity contribution in [3.05, 3.63) is 54.1 Å². The fourth-order valence-electron chi connectivity index (χ4n) is 1.41. The Morgan fingerprint density at radius 1 is 1.44 bits per heavy atom. The van der Waals surface area contributed by atoms with Crippen LogP contribution in [0.3, 0.4) is 0 Å². The predicted octanol–water partition coefficient (Wildman–Crippen LogP) is 4.68. The zero-order chi connectivity index (χ0) is 13.1. The highest BCUT2D eigenvalue weighted by Gasteiger charge is 2.12. The highest BCUT2D eigenvalue weighted by Crippen LogP contribution is 2.28. The van der Waals surface area contributed by atoms with E-state index in [-0.39, 0.29) is 10.7 Å². The van der Waals surface area contributed by atoms with Gasteiger partial charge in [0.1, 0.15) is 5.02 Å². The van der Waals surface area contributed by atoms with Crippen LogP contribution in [0.25, 0.3) is 0 Å². The van der Waals surface area contributed by atoms with Gasteiger partial charge in [0.05, 0.1) is 8.71 Å². The Kier molecular flexibility index (Phi) is 4.21. The first kappa shape index (κ1) is 13.3. The summed E-state index contributed by atoms with van der Waals surface area (Å²) in [6.45, 7) is 0.612. The molecule has 2 aromatic rings. The quantitative estimate of drug-likeness (QED) is 0.645. The van der Waals surface area contributed by atoms with E-state index in [0.717, 1.165) is 9.35 Å². The zero-order valence-corrected chi connectivity index (χ0v) is 12.2. The smallest absolute Gasteiger partial charge is 0.289 e. The van der Waals surface area contributed by atoms with Gasteiger partial charge in [-0.3, -0.25) is 10.1 Å². The van der Waals surface area contributed by atoms with Crippen molar-refractivity contribution < 1.29 is 4.92 Å². The van der Waals surface area contributed by atoms with Gasteiger partial charge >= 0.3 is 0 Å². The number of nitro benzene ring substituents is 1. The molecule has 0 amide bonds. The Morgan fingerprint density at radius 3 is 2.83 bits per heavy atom. The van der Waals surface area contributed by atoms with Crippen molar-refractivity contribution >= 4 is 50.2 Å². The van der Waals surface area contributed by atoms with E-state index in [9.17, 15) is 10.1 Å². The minimum atomic E-state index is -0.491. The van der Waals surface area contributed by atoms with Gasteiger partial charge in [0.15, 0.2) is 0 Å². The first-order chi connectivity index (χ1) is 8.56. The van der Waals surface area contributed by atoms with Crippen LogP contribution in [0.1, 0.15) is 5.56 Å². The number of benzene rings is 1. The van der Waals surface area contributed by atoms with Crippen LogP contribution in [-0.2, 0) is 6.54 Å². The molecule has 1 aromatic carbocycles. The van der Waals surface area contributed by atoms with Crippen molar-refractivity contribution in [2.75, 3.05) is 5.32 Å². The van der Waals surface area contributed by atoms with Crippen molar-refractivity contribution in [2.24, 2.45) is 0 Å². The van der Waals surface area contributed by atoms with Crippen LogP contribution >= 0.6 is 38.9 Å². The van der Waals surface area contributed by atoms with Crippen molar-refractivity contribution in [1.29, 1.82) is 0 Å². The van der Waals surface area contributed by atoms with Gasteiger partial charge in [0.2, 0.25) is 0 Å². The molecule has 0 saturated heterocycles. The molecule has 2 rings (SSSR count). The summed E-state index contributed by atoms with van der Waals surface area (Å²) < 4.78 is 1.06. The fraction of sp³-hybridized carbons (Fsp3) is 0.0909. The monoisotopic (exact) mass is 346 g/mol. The van der Waals surface area contributed by atoms with E-state index < -0.39 is 4.92 Å². The number of halogens is 2. The minimum absolute atomic E-state index is 0.0897. The van der Waals surface area contributed by atoms with Gasteiger partial charge in [-0.05, 0) is 45.1 Å². The second kappa shape index (κ2) is 5.69. The van der Waals surface area contributed by atoms with E-state index in [1.54, 1.807) is 17.4 Å². The maximum Gasteiger partial charge on any atom is 0.289 e. The highest BCUT2D eigenvalue weighted by atomic mass is 79.9. The molecular formula is C11H8BrClN2O2S. The zero-order valence-electron chi connectivity index (χ0n) is 9.02. The molecule has 0 bridgehead atoms. The number of hydrogen-bond acceptors (Lipinski definition) is 4. The molecule has 1 heterocycles. The SMILES string of the molecule is O=[N+]([O-])c1cc(NCc2csc(Br)c2)ccc1Cl. The molecule has 0 atom stereocenters. The summed E-state index contributed by atoms with van der Waals surface area (Å²) in [5.41, 5.74) is 1.70. The van der Waals surface area contributed by atoms with Crippen LogP contribution < -0.4 is 5.32 Å². The lowest BCUT2D eigenvalue weighted by Crippen LogP contribution is -1.99. The summed E-state index contributed by atoms with van der Waals surface area (Å²) in [5, 5.41) is 16.0. The number of thiophene rings is 1. The number of nitrogens with zero attached hydrogens (tertiary/aromatic N) is 1. The minimum Gasteiger partial charge on any atom is -0.381 e. The number of anilines is 1. The standard InChI is InChI=1S/C11H8BrClN2O2S/c12-11-3-7(6-18-11)5-14-8-1-2-9(13)10(4-8)15(16)17/h1-4,6,14H,5H2. The summed E-state index contributed by atoms with van der Waals surface area (Å²) in [7, 11) is 0. The maximum atomic E-state index is 10.7. The van der Waals surface area contributed by atoms with E-state index >= 15 is 0 Å². The Balaban J connectivity index is 2.10. The van der Waals surface area contributed by atoms with Crippen LogP contribution in [0.5, 0.6) is 0 Å². The lowest BCUT2D eigenvalue weighted by molar-refractivity contribution is -0.384. The molecule has 0 aliphatic heterocycles. The first-order valence-corrected chi connectivity index (χ1v) is 7.02. The van der Waals surface area contributed by atoms with E-state index in [0.29, 0.717) is 12.2 Å². The predicted molar refractivity (Wildman–Crippen MR) is 77.5 cm³/mol. The fourth-order valence-corrected chi connectivity index (χ4v) is 2.80. The van der Waals surface area contributed by atoms with Gasteiger partial charge < -0.3 is 5.32 Å². The molecule has 0 aliphatic rings. The number of hydrogen-bond donors (Lipinski definition) is 1. The highest BCUT2D eigenvalue weighted by molar-refractivity contribution is 9.11. The average Bonchev–Trinajstić information content (AvgIpc) is 2.74. The molecule has 94 valence electrons. The molecule has 18 heavy (non-hydrogen) atoms. The van der Waals surface area contributed by atoms with E-state index in [2.05, 4.69) is 21.2 Å². The molecule has 0 unspecified atom stereocenters. The lowest BCUT2D eigenvalue weighted by Gasteiger charge is -2.05. The second-order valence-electron chi connectivity index (χ2n) is 3.54. The molecule has 0 fully saturated rings. The molecule has 0 spiro atoms. The summed E-state index contributed by atoms with van der Waals surface area (Å²) in [5.74, 6) is 0. The number of nitro groups is 1. The normalized spacial score (nSPS) is 10.3. The van der Waals surface area contributed by atoms with Crippen LogP contribution in [-0.4, -0.2) is 4.92 Å². The third-order valence-electron chi connectivity index (χ3n) is 2.26. The second-order valence-corrected chi connectivity index (χ2v) is 6.23. The van der Waals surface area contributed by atoms with Gasteiger partial charge in [0.25, 0.3) is 5.69 Å². The maximum absolute atomic E-state index is 10.7. The third kappa shape index (κ3) is 3.22. The molecule has 1 N–H and O–H groups in total. The molecular weight excluding hydrogens is 340 g/mol. The molecule has 4 nitrogen and oxygen atoms in total. The summed E-state index contributed by atoms with van der Waals surface area (Å²) >= 11 is 10.7. The molecule has 0 saturated carbocycles. The van der Waals surface area contributed by atoms with Crippen molar-refractivity contribution in [1.82, 2.24) is 0 Å². The Labute approximate surface area is 121 Å².